The topological polar surface area (TPSA) is 69.6 Å². The fourth-order valence-corrected chi connectivity index (χ4v) is 2.33. The molecule has 0 aromatic carbocycles. The number of amides is 1. The van der Waals surface area contributed by atoms with Gasteiger partial charge in [0.05, 0.1) is 5.92 Å². The van der Waals surface area contributed by atoms with E-state index >= 15 is 0 Å². The molecule has 17 heavy (non-hydrogen) atoms. The van der Waals surface area contributed by atoms with Gasteiger partial charge in [-0.3, -0.25) is 9.59 Å². The van der Waals surface area contributed by atoms with Crippen molar-refractivity contribution in [3.63, 3.8) is 0 Å². The maximum atomic E-state index is 11.9. The number of nitrogens with one attached hydrogen (secondary N) is 1. The maximum Gasteiger partial charge on any atom is 0.306 e. The SMILES string of the molecule is CNCCCC(=O)N1CCC(C(=O)O)CC1C. The molecule has 1 saturated heterocycles. The number of rotatable bonds is 5. The molecule has 0 bridgehead atoms. The summed E-state index contributed by atoms with van der Waals surface area (Å²) in [5.41, 5.74) is 0. The lowest BCUT2D eigenvalue weighted by Crippen LogP contribution is -2.46. The largest absolute Gasteiger partial charge is 0.481 e. The van der Waals surface area contributed by atoms with Crippen LogP contribution < -0.4 is 5.32 Å². The van der Waals surface area contributed by atoms with E-state index in [1.165, 1.54) is 0 Å². The van der Waals surface area contributed by atoms with Crippen LogP contribution in [-0.2, 0) is 9.59 Å². The van der Waals surface area contributed by atoms with Crippen molar-refractivity contribution in [2.45, 2.75) is 38.6 Å². The van der Waals surface area contributed by atoms with Gasteiger partial charge in [0.1, 0.15) is 0 Å². The molecule has 1 aliphatic heterocycles. The van der Waals surface area contributed by atoms with Crippen LogP contribution in [0, 0.1) is 5.92 Å². The van der Waals surface area contributed by atoms with Crippen molar-refractivity contribution in [3.8, 4) is 0 Å². The Balaban J connectivity index is 2.40. The maximum absolute atomic E-state index is 11.9. The summed E-state index contributed by atoms with van der Waals surface area (Å²) in [6.45, 7) is 3.35. The minimum Gasteiger partial charge on any atom is -0.481 e. The summed E-state index contributed by atoms with van der Waals surface area (Å²) >= 11 is 0. The number of carbonyl (C=O) groups excluding carboxylic acids is 1. The number of piperidine rings is 1. The molecule has 1 heterocycles. The Hall–Kier alpha value is -1.10. The molecule has 98 valence electrons. The standard InChI is InChI=1S/C12H22N2O3/c1-9-8-10(12(16)17)5-7-14(9)11(15)4-3-6-13-2/h9-10,13H,3-8H2,1-2H3,(H,16,17). The first-order valence-corrected chi connectivity index (χ1v) is 6.23. The van der Waals surface area contributed by atoms with Gasteiger partial charge in [-0.1, -0.05) is 0 Å². The minimum absolute atomic E-state index is 0.0481. The quantitative estimate of drug-likeness (QED) is 0.696. The zero-order valence-corrected chi connectivity index (χ0v) is 10.6. The summed E-state index contributed by atoms with van der Waals surface area (Å²) in [7, 11) is 1.87. The van der Waals surface area contributed by atoms with Gasteiger partial charge in [0.25, 0.3) is 0 Å². The van der Waals surface area contributed by atoms with Crippen LogP contribution in [0.15, 0.2) is 0 Å². The number of carbonyl (C=O) groups is 2. The zero-order chi connectivity index (χ0) is 12.8. The second-order valence-electron chi connectivity index (χ2n) is 4.70. The average molecular weight is 242 g/mol. The van der Waals surface area contributed by atoms with Crippen LogP contribution in [0.1, 0.15) is 32.6 Å². The third-order valence-electron chi connectivity index (χ3n) is 3.36. The summed E-state index contributed by atoms with van der Waals surface area (Å²) < 4.78 is 0. The predicted octanol–water partition coefficient (Wildman–Crippen LogP) is 0.698. The third-order valence-corrected chi connectivity index (χ3v) is 3.36. The van der Waals surface area contributed by atoms with Crippen molar-refractivity contribution >= 4 is 11.9 Å². The molecule has 0 spiro atoms. The van der Waals surface area contributed by atoms with E-state index in [2.05, 4.69) is 5.32 Å². The average Bonchev–Trinajstić information content (AvgIpc) is 2.28. The van der Waals surface area contributed by atoms with E-state index in [0.717, 1.165) is 13.0 Å². The smallest absolute Gasteiger partial charge is 0.306 e. The van der Waals surface area contributed by atoms with Crippen molar-refractivity contribution in [2.24, 2.45) is 5.92 Å². The second-order valence-corrected chi connectivity index (χ2v) is 4.70. The van der Waals surface area contributed by atoms with Crippen molar-refractivity contribution < 1.29 is 14.7 Å². The van der Waals surface area contributed by atoms with Gasteiger partial charge in [0.15, 0.2) is 0 Å². The molecule has 2 unspecified atom stereocenters. The van der Waals surface area contributed by atoms with E-state index in [1.54, 1.807) is 0 Å². The second kappa shape index (κ2) is 6.59. The van der Waals surface area contributed by atoms with Gasteiger partial charge < -0.3 is 15.3 Å². The number of aliphatic carboxylic acids is 1. The minimum atomic E-state index is -0.737. The van der Waals surface area contributed by atoms with Crippen LogP contribution >= 0.6 is 0 Å². The molecule has 5 heteroatoms. The lowest BCUT2D eigenvalue weighted by atomic mass is 9.91. The van der Waals surface area contributed by atoms with Gasteiger partial charge in [-0.15, -0.1) is 0 Å². The molecule has 0 aliphatic carbocycles. The van der Waals surface area contributed by atoms with E-state index < -0.39 is 5.97 Å². The highest BCUT2D eigenvalue weighted by molar-refractivity contribution is 5.77. The number of carboxylic acids is 1. The summed E-state index contributed by atoms with van der Waals surface area (Å²) in [6.07, 6.45) is 2.54. The Morgan fingerprint density at radius 3 is 2.71 bits per heavy atom. The van der Waals surface area contributed by atoms with Crippen LogP contribution in [0.4, 0.5) is 0 Å². The number of nitrogens with zero attached hydrogens (tertiary/aromatic N) is 1. The molecule has 0 radical (unpaired) electrons. The van der Waals surface area contributed by atoms with E-state index in [-0.39, 0.29) is 17.9 Å². The van der Waals surface area contributed by atoms with Crippen LogP contribution in [0.3, 0.4) is 0 Å². The van der Waals surface area contributed by atoms with Gasteiger partial charge >= 0.3 is 5.97 Å². The summed E-state index contributed by atoms with van der Waals surface area (Å²) in [4.78, 5) is 24.6. The van der Waals surface area contributed by atoms with E-state index in [9.17, 15) is 9.59 Å². The first kappa shape index (κ1) is 14.0. The summed E-state index contributed by atoms with van der Waals surface area (Å²) in [5.74, 6) is -0.873. The van der Waals surface area contributed by atoms with Crippen LogP contribution in [0.5, 0.6) is 0 Å². The number of hydrogen-bond donors (Lipinski definition) is 2. The molecule has 0 saturated carbocycles. The summed E-state index contributed by atoms with van der Waals surface area (Å²) in [5, 5.41) is 12.0. The van der Waals surface area contributed by atoms with Crippen molar-refractivity contribution in [1.29, 1.82) is 0 Å². The zero-order valence-electron chi connectivity index (χ0n) is 10.6. The Morgan fingerprint density at radius 2 is 2.18 bits per heavy atom. The fraction of sp³-hybridized carbons (Fsp3) is 0.833. The highest BCUT2D eigenvalue weighted by Gasteiger charge is 2.31. The van der Waals surface area contributed by atoms with Gasteiger partial charge in [-0.05, 0) is 39.8 Å². The first-order valence-electron chi connectivity index (χ1n) is 6.23. The van der Waals surface area contributed by atoms with E-state index in [4.69, 9.17) is 5.11 Å². The monoisotopic (exact) mass is 242 g/mol. The predicted molar refractivity (Wildman–Crippen MR) is 64.7 cm³/mol. The molecular formula is C12H22N2O3. The highest BCUT2D eigenvalue weighted by atomic mass is 16.4. The number of carboxylic acid groups (broad SMARTS) is 1. The van der Waals surface area contributed by atoms with Crippen molar-refractivity contribution in [2.75, 3.05) is 20.1 Å². The Morgan fingerprint density at radius 1 is 1.47 bits per heavy atom. The van der Waals surface area contributed by atoms with Crippen LogP contribution in [0.25, 0.3) is 0 Å². The molecule has 1 amide bonds. The normalized spacial score (nSPS) is 24.7. The Labute approximate surface area is 102 Å². The van der Waals surface area contributed by atoms with E-state index in [1.807, 2.05) is 18.9 Å². The number of likely N-dealkylation sites (tertiary alicyclic amines) is 1. The van der Waals surface area contributed by atoms with E-state index in [0.29, 0.717) is 25.8 Å². The van der Waals surface area contributed by atoms with Gasteiger partial charge in [0.2, 0.25) is 5.91 Å². The van der Waals surface area contributed by atoms with Gasteiger partial charge in [-0.25, -0.2) is 0 Å². The lowest BCUT2D eigenvalue weighted by molar-refractivity contribution is -0.147. The van der Waals surface area contributed by atoms with Gasteiger partial charge in [0, 0.05) is 19.0 Å². The molecule has 1 rings (SSSR count). The van der Waals surface area contributed by atoms with Gasteiger partial charge in [-0.2, -0.15) is 0 Å². The molecule has 0 aromatic rings. The highest BCUT2D eigenvalue weighted by Crippen LogP contribution is 2.23. The van der Waals surface area contributed by atoms with Crippen molar-refractivity contribution in [3.05, 3.63) is 0 Å². The van der Waals surface area contributed by atoms with Crippen molar-refractivity contribution in [1.82, 2.24) is 10.2 Å². The molecule has 2 N–H and O–H groups in total. The molecule has 2 atom stereocenters. The lowest BCUT2D eigenvalue weighted by Gasteiger charge is -2.36. The molecule has 1 aliphatic rings. The molecule has 1 fully saturated rings. The Kier molecular flexibility index (Phi) is 5.41. The summed E-state index contributed by atoms with van der Waals surface area (Å²) in [6, 6.07) is 0.0481. The number of hydrogen-bond acceptors (Lipinski definition) is 3. The van der Waals surface area contributed by atoms with Crippen LogP contribution in [-0.4, -0.2) is 48.1 Å². The Bertz CT molecular complexity index is 281. The molecule has 5 nitrogen and oxygen atoms in total. The molecular weight excluding hydrogens is 220 g/mol. The molecule has 0 aromatic heterocycles. The first-order chi connectivity index (χ1) is 8.06. The van der Waals surface area contributed by atoms with Crippen LogP contribution in [0.2, 0.25) is 0 Å². The third kappa shape index (κ3) is 4.00. The fourth-order valence-electron chi connectivity index (χ4n) is 2.33.